The number of nitrogens with one attached hydrogen (secondary N) is 2. The molecule has 1 amide bonds. The van der Waals surface area contributed by atoms with Crippen LogP contribution >= 0.6 is 11.3 Å². The van der Waals surface area contributed by atoms with Crippen LogP contribution in [0, 0.1) is 0 Å². The van der Waals surface area contributed by atoms with Crippen molar-refractivity contribution < 1.29 is 9.69 Å². The van der Waals surface area contributed by atoms with Crippen LogP contribution in [0.25, 0.3) is 0 Å². The molecule has 0 spiro atoms. The molecule has 4 heteroatoms. The highest BCUT2D eigenvalue weighted by Crippen LogP contribution is 2.23. The van der Waals surface area contributed by atoms with Gasteiger partial charge in [0.2, 0.25) is 0 Å². The van der Waals surface area contributed by atoms with E-state index in [2.05, 4.69) is 41.9 Å². The van der Waals surface area contributed by atoms with Crippen LogP contribution in [0.1, 0.15) is 36.2 Å². The maximum absolute atomic E-state index is 12.3. The fourth-order valence-electron chi connectivity index (χ4n) is 3.19. The topological polar surface area (TPSA) is 33.5 Å². The van der Waals surface area contributed by atoms with E-state index in [1.54, 1.807) is 11.3 Å². The van der Waals surface area contributed by atoms with Crippen molar-refractivity contribution in [1.29, 1.82) is 0 Å². The van der Waals surface area contributed by atoms with Gasteiger partial charge < -0.3 is 10.2 Å². The summed E-state index contributed by atoms with van der Waals surface area (Å²) in [5, 5.41) is 5.16. The summed E-state index contributed by atoms with van der Waals surface area (Å²) in [6.45, 7) is 3.78. The molecule has 2 N–H and O–H groups in total. The molecular formula is C18H23N2OS+. The van der Waals surface area contributed by atoms with Crippen molar-refractivity contribution in [3.8, 4) is 0 Å². The summed E-state index contributed by atoms with van der Waals surface area (Å²) in [7, 11) is 0. The predicted molar refractivity (Wildman–Crippen MR) is 91.4 cm³/mol. The fourth-order valence-corrected chi connectivity index (χ4v) is 4.11. The Morgan fingerprint density at radius 1 is 1.32 bits per heavy atom. The second-order valence-corrected chi connectivity index (χ2v) is 6.87. The molecule has 1 aliphatic heterocycles. The summed E-state index contributed by atoms with van der Waals surface area (Å²) in [4.78, 5) is 15.1. The Morgan fingerprint density at radius 3 is 2.82 bits per heavy atom. The van der Waals surface area contributed by atoms with Crippen LogP contribution in [0.2, 0.25) is 0 Å². The monoisotopic (exact) mass is 315 g/mol. The van der Waals surface area contributed by atoms with Gasteiger partial charge in [-0.25, -0.2) is 0 Å². The van der Waals surface area contributed by atoms with Crippen LogP contribution in [0.15, 0.2) is 41.8 Å². The van der Waals surface area contributed by atoms with E-state index in [0.29, 0.717) is 12.6 Å². The van der Waals surface area contributed by atoms with Crippen LogP contribution in [0.4, 0.5) is 5.69 Å². The molecule has 116 valence electrons. The maximum atomic E-state index is 12.3. The van der Waals surface area contributed by atoms with Gasteiger partial charge in [-0.2, -0.15) is 0 Å². The van der Waals surface area contributed by atoms with Gasteiger partial charge in [-0.05, 0) is 35.6 Å². The molecule has 1 unspecified atom stereocenters. The minimum Gasteiger partial charge on any atom is -0.321 e. The number of quaternary nitrogens is 1. The number of hydrogen-bond donors (Lipinski definition) is 2. The lowest BCUT2D eigenvalue weighted by molar-refractivity contribution is -0.910. The summed E-state index contributed by atoms with van der Waals surface area (Å²) in [6, 6.07) is 12.9. The van der Waals surface area contributed by atoms with Crippen molar-refractivity contribution in [1.82, 2.24) is 0 Å². The van der Waals surface area contributed by atoms with E-state index < -0.39 is 0 Å². The number of carbonyl (C=O) groups is 1. The Labute approximate surface area is 136 Å². The van der Waals surface area contributed by atoms with Gasteiger partial charge in [0.1, 0.15) is 6.04 Å². The molecule has 1 aromatic carbocycles. The van der Waals surface area contributed by atoms with E-state index in [4.69, 9.17) is 0 Å². The van der Waals surface area contributed by atoms with Gasteiger partial charge in [0, 0.05) is 18.5 Å². The van der Waals surface area contributed by atoms with E-state index in [1.807, 2.05) is 12.1 Å². The first-order chi connectivity index (χ1) is 10.8. The molecule has 3 rings (SSSR count). The van der Waals surface area contributed by atoms with Crippen molar-refractivity contribution in [2.24, 2.45) is 0 Å². The molecule has 0 bridgehead atoms. The number of benzene rings is 1. The van der Waals surface area contributed by atoms with Crippen molar-refractivity contribution >= 4 is 22.9 Å². The molecule has 22 heavy (non-hydrogen) atoms. The third kappa shape index (κ3) is 3.57. The SMILES string of the molecule is CCc1ccc(NC(=O)C[NH+]2CCC[C@@H]2c2cccs2)cc1. The highest BCUT2D eigenvalue weighted by molar-refractivity contribution is 7.10. The number of aryl methyl sites for hydroxylation is 1. The van der Waals surface area contributed by atoms with Crippen LogP contribution in [0.3, 0.4) is 0 Å². The van der Waals surface area contributed by atoms with Crippen molar-refractivity contribution in [2.75, 3.05) is 18.4 Å². The normalized spacial score (nSPS) is 21.0. The van der Waals surface area contributed by atoms with Gasteiger partial charge in [0.15, 0.2) is 6.54 Å². The first kappa shape index (κ1) is 15.3. The van der Waals surface area contributed by atoms with Crippen molar-refractivity contribution in [2.45, 2.75) is 32.2 Å². The molecule has 1 aromatic heterocycles. The maximum Gasteiger partial charge on any atom is 0.279 e. The summed E-state index contributed by atoms with van der Waals surface area (Å²) in [5.74, 6) is 0.114. The quantitative estimate of drug-likeness (QED) is 0.874. The average molecular weight is 315 g/mol. The smallest absolute Gasteiger partial charge is 0.279 e. The first-order valence-corrected chi connectivity index (χ1v) is 8.91. The third-order valence-electron chi connectivity index (χ3n) is 4.40. The number of likely N-dealkylation sites (tertiary alicyclic amines) is 1. The van der Waals surface area contributed by atoms with E-state index in [0.717, 1.165) is 18.7 Å². The van der Waals surface area contributed by atoms with Gasteiger partial charge in [-0.15, -0.1) is 11.3 Å². The Balaban J connectivity index is 1.58. The molecule has 1 fully saturated rings. The lowest BCUT2D eigenvalue weighted by atomic mass is 10.1. The summed E-state index contributed by atoms with van der Waals surface area (Å²) < 4.78 is 0. The Morgan fingerprint density at radius 2 is 2.14 bits per heavy atom. The molecule has 2 aromatic rings. The fraction of sp³-hybridized carbons (Fsp3) is 0.389. The number of hydrogen-bond acceptors (Lipinski definition) is 2. The lowest BCUT2D eigenvalue weighted by Gasteiger charge is -2.20. The van der Waals surface area contributed by atoms with Gasteiger partial charge in [0.05, 0.1) is 11.4 Å². The second kappa shape index (κ2) is 7.07. The van der Waals surface area contributed by atoms with Crippen molar-refractivity contribution in [3.63, 3.8) is 0 Å². The van der Waals surface area contributed by atoms with Crippen molar-refractivity contribution in [3.05, 3.63) is 52.2 Å². The standard InChI is InChI=1S/C18H22N2OS/c1-2-14-7-9-15(10-8-14)19-18(21)13-20-11-3-5-16(20)17-6-4-12-22-17/h4,6-10,12,16H,2-3,5,11,13H2,1H3,(H,19,21)/p+1/t16-/m1/s1. The highest BCUT2D eigenvalue weighted by Gasteiger charge is 2.32. The van der Waals surface area contributed by atoms with E-state index >= 15 is 0 Å². The highest BCUT2D eigenvalue weighted by atomic mass is 32.1. The summed E-state index contributed by atoms with van der Waals surface area (Å²) in [6.07, 6.45) is 3.42. The summed E-state index contributed by atoms with van der Waals surface area (Å²) >= 11 is 1.81. The van der Waals surface area contributed by atoms with E-state index in [1.165, 1.54) is 28.2 Å². The van der Waals surface area contributed by atoms with Gasteiger partial charge in [0.25, 0.3) is 5.91 Å². The predicted octanol–water partition coefficient (Wildman–Crippen LogP) is 2.67. The number of carbonyl (C=O) groups excluding carboxylic acids is 1. The summed E-state index contributed by atoms with van der Waals surface area (Å²) in [5.41, 5.74) is 2.19. The second-order valence-electron chi connectivity index (χ2n) is 5.89. The Hall–Kier alpha value is -1.65. The molecular weight excluding hydrogens is 292 g/mol. The number of amides is 1. The van der Waals surface area contributed by atoms with Gasteiger partial charge in [-0.1, -0.05) is 25.1 Å². The Kier molecular flexibility index (Phi) is 4.90. The molecule has 1 aliphatic rings. The lowest BCUT2D eigenvalue weighted by Crippen LogP contribution is -3.11. The zero-order chi connectivity index (χ0) is 15.4. The molecule has 0 radical (unpaired) electrons. The zero-order valence-corrected chi connectivity index (χ0v) is 13.8. The van der Waals surface area contributed by atoms with E-state index in [-0.39, 0.29) is 5.91 Å². The van der Waals surface area contributed by atoms with Gasteiger partial charge in [-0.3, -0.25) is 4.79 Å². The molecule has 3 nitrogen and oxygen atoms in total. The Bertz CT molecular complexity index is 607. The first-order valence-electron chi connectivity index (χ1n) is 8.03. The molecule has 0 aliphatic carbocycles. The number of rotatable bonds is 5. The zero-order valence-electron chi connectivity index (χ0n) is 13.0. The van der Waals surface area contributed by atoms with Crippen LogP contribution in [-0.4, -0.2) is 19.0 Å². The molecule has 2 heterocycles. The number of anilines is 1. The molecule has 0 saturated carbocycles. The van der Waals surface area contributed by atoms with E-state index in [9.17, 15) is 4.79 Å². The molecule has 2 atom stereocenters. The largest absolute Gasteiger partial charge is 0.321 e. The minimum absolute atomic E-state index is 0.114. The third-order valence-corrected chi connectivity index (χ3v) is 5.39. The average Bonchev–Trinajstić information content (AvgIpc) is 3.18. The van der Waals surface area contributed by atoms with Crippen LogP contribution in [-0.2, 0) is 11.2 Å². The minimum atomic E-state index is 0.114. The van der Waals surface area contributed by atoms with Crippen LogP contribution in [0.5, 0.6) is 0 Å². The number of thiophene rings is 1. The van der Waals surface area contributed by atoms with Gasteiger partial charge >= 0.3 is 0 Å². The molecule has 1 saturated heterocycles. The van der Waals surface area contributed by atoms with Crippen LogP contribution < -0.4 is 10.2 Å².